The number of hydrogen-bond acceptors (Lipinski definition) is 3. The minimum Gasteiger partial charge on any atom is -0.461 e. The maximum absolute atomic E-state index is 13.5. The highest BCUT2D eigenvalue weighted by Gasteiger charge is 2.20. The SMILES string of the molecule is CF.CF.O=C(NC(=O)c1c(F)cccc1F)Nc1cc(Cl)c(OCF)cc1Cl. The molecule has 0 aliphatic carbocycles. The van der Waals surface area contributed by atoms with Crippen molar-refractivity contribution in [3.8, 4) is 5.75 Å². The van der Waals surface area contributed by atoms with Crippen LogP contribution >= 0.6 is 23.2 Å². The van der Waals surface area contributed by atoms with Crippen molar-refractivity contribution in [2.45, 2.75) is 0 Å². The second kappa shape index (κ2) is 13.6. The molecular formula is C17H15Cl2F5N2O3. The van der Waals surface area contributed by atoms with Crippen LogP contribution in [0.5, 0.6) is 5.75 Å². The van der Waals surface area contributed by atoms with Gasteiger partial charge in [-0.1, -0.05) is 29.3 Å². The Morgan fingerprint density at radius 3 is 2.07 bits per heavy atom. The largest absolute Gasteiger partial charge is 0.461 e. The van der Waals surface area contributed by atoms with Gasteiger partial charge in [0.1, 0.15) is 22.9 Å². The molecule has 0 fully saturated rings. The molecule has 0 atom stereocenters. The van der Waals surface area contributed by atoms with Crippen molar-refractivity contribution >= 4 is 40.8 Å². The average molecular weight is 461 g/mol. The van der Waals surface area contributed by atoms with Crippen molar-refractivity contribution in [3.63, 3.8) is 0 Å². The Bertz CT molecular complexity index is 821. The highest BCUT2D eigenvalue weighted by atomic mass is 35.5. The molecular weight excluding hydrogens is 446 g/mol. The third kappa shape index (κ3) is 7.74. The zero-order chi connectivity index (χ0) is 22.6. The van der Waals surface area contributed by atoms with Crippen molar-refractivity contribution in [2.24, 2.45) is 0 Å². The van der Waals surface area contributed by atoms with Gasteiger partial charge in [-0.05, 0) is 18.2 Å². The summed E-state index contributed by atoms with van der Waals surface area (Å²) in [5.74, 6) is -3.59. The number of amides is 3. The maximum atomic E-state index is 13.5. The van der Waals surface area contributed by atoms with Crippen LogP contribution in [0.15, 0.2) is 30.3 Å². The first-order chi connectivity index (χ1) is 13.8. The van der Waals surface area contributed by atoms with E-state index in [1.807, 2.05) is 0 Å². The molecule has 5 nitrogen and oxygen atoms in total. The van der Waals surface area contributed by atoms with Crippen LogP contribution in [0.4, 0.5) is 32.4 Å². The quantitative estimate of drug-likeness (QED) is 0.574. The maximum Gasteiger partial charge on any atom is 0.326 e. The van der Waals surface area contributed by atoms with Crippen LogP contribution in [-0.2, 0) is 0 Å². The summed E-state index contributed by atoms with van der Waals surface area (Å²) in [6.07, 6.45) is 0. The van der Waals surface area contributed by atoms with Gasteiger partial charge in [-0.3, -0.25) is 18.9 Å². The van der Waals surface area contributed by atoms with Gasteiger partial charge in [-0.15, -0.1) is 0 Å². The summed E-state index contributed by atoms with van der Waals surface area (Å²) in [7, 11) is 1.00. The summed E-state index contributed by atoms with van der Waals surface area (Å²) in [5.41, 5.74) is -0.939. The molecule has 0 radical (unpaired) electrons. The van der Waals surface area contributed by atoms with Gasteiger partial charge >= 0.3 is 6.03 Å². The Kier molecular flexibility index (Phi) is 12.4. The van der Waals surface area contributed by atoms with E-state index in [4.69, 9.17) is 23.2 Å². The van der Waals surface area contributed by atoms with Crippen molar-refractivity contribution in [3.05, 3.63) is 57.6 Å². The number of halogens is 7. The summed E-state index contributed by atoms with van der Waals surface area (Å²) >= 11 is 11.7. The van der Waals surface area contributed by atoms with Gasteiger partial charge in [-0.25, -0.2) is 18.0 Å². The number of carbonyl (C=O) groups is 2. The topological polar surface area (TPSA) is 67.4 Å². The average Bonchev–Trinajstić information content (AvgIpc) is 2.69. The molecule has 2 aromatic carbocycles. The van der Waals surface area contributed by atoms with Crippen LogP contribution in [0.2, 0.25) is 10.0 Å². The highest BCUT2D eigenvalue weighted by molar-refractivity contribution is 6.36. The Hall–Kier alpha value is -2.59. The number of anilines is 1. The van der Waals surface area contributed by atoms with Crippen molar-refractivity contribution in [1.82, 2.24) is 5.32 Å². The molecule has 0 saturated heterocycles. The lowest BCUT2D eigenvalue weighted by Crippen LogP contribution is -2.35. The number of ether oxygens (including phenoxy) is 1. The van der Waals surface area contributed by atoms with E-state index in [2.05, 4.69) is 10.1 Å². The van der Waals surface area contributed by atoms with E-state index in [0.717, 1.165) is 30.3 Å². The molecule has 12 heteroatoms. The molecule has 160 valence electrons. The predicted molar refractivity (Wildman–Crippen MR) is 100.0 cm³/mol. The number of nitrogens with one attached hydrogen (secondary N) is 2. The minimum absolute atomic E-state index is 0.0304. The lowest BCUT2D eigenvalue weighted by atomic mass is 10.2. The van der Waals surface area contributed by atoms with Crippen molar-refractivity contribution < 1.29 is 36.3 Å². The molecule has 0 unspecified atom stereocenters. The monoisotopic (exact) mass is 460 g/mol. The van der Waals surface area contributed by atoms with Gasteiger partial charge in [0.2, 0.25) is 6.86 Å². The summed E-state index contributed by atoms with van der Waals surface area (Å²) < 4.78 is 62.7. The van der Waals surface area contributed by atoms with Crippen LogP contribution in [0.1, 0.15) is 10.4 Å². The minimum atomic E-state index is -1.28. The van der Waals surface area contributed by atoms with Crippen LogP contribution in [-0.4, -0.2) is 33.2 Å². The normalized spacial score (nSPS) is 9.28. The number of urea groups is 1. The predicted octanol–water partition coefficient (Wildman–Crippen LogP) is 5.71. The van der Waals surface area contributed by atoms with E-state index in [9.17, 15) is 31.5 Å². The third-order valence-corrected chi connectivity index (χ3v) is 3.50. The number of hydrogen-bond donors (Lipinski definition) is 2. The Labute approximate surface area is 172 Å². The van der Waals surface area contributed by atoms with Gasteiger partial charge < -0.3 is 10.1 Å². The van der Waals surface area contributed by atoms with E-state index in [-0.39, 0.29) is 21.5 Å². The number of rotatable bonds is 4. The van der Waals surface area contributed by atoms with Gasteiger partial charge in [0.05, 0.1) is 30.1 Å². The highest BCUT2D eigenvalue weighted by Crippen LogP contribution is 2.34. The van der Waals surface area contributed by atoms with Gasteiger partial charge in [0.25, 0.3) is 5.91 Å². The molecule has 0 aliphatic rings. The standard InChI is InChI=1S/C15H9Cl2F3N2O3.2CH3F/c16-7-5-12(25-6-18)8(17)4-11(7)21-15(24)22-14(23)13-9(19)2-1-3-10(13)20;2*1-2/h1-5H,6H2,(H2,21,22,23,24);2*1H3. The molecule has 2 aromatic rings. The summed E-state index contributed by atoms with van der Waals surface area (Å²) in [6.45, 7) is -1.13. The van der Waals surface area contributed by atoms with Crippen LogP contribution < -0.4 is 15.4 Å². The number of imide groups is 1. The Balaban J connectivity index is 0.00000184. The zero-order valence-electron chi connectivity index (χ0n) is 15.0. The Morgan fingerprint density at radius 1 is 1.00 bits per heavy atom. The molecule has 3 amide bonds. The van der Waals surface area contributed by atoms with E-state index in [0.29, 0.717) is 14.4 Å². The third-order valence-electron chi connectivity index (χ3n) is 2.90. The fourth-order valence-corrected chi connectivity index (χ4v) is 2.25. The lowest BCUT2D eigenvalue weighted by molar-refractivity contribution is 0.0959. The zero-order valence-corrected chi connectivity index (χ0v) is 16.5. The van der Waals surface area contributed by atoms with E-state index in [1.165, 1.54) is 0 Å². The van der Waals surface area contributed by atoms with Crippen molar-refractivity contribution in [2.75, 3.05) is 26.5 Å². The molecule has 0 aromatic heterocycles. The molecule has 0 saturated carbocycles. The number of alkyl halides is 3. The fraction of sp³-hybridized carbons (Fsp3) is 0.176. The fourth-order valence-electron chi connectivity index (χ4n) is 1.83. The second-order valence-corrected chi connectivity index (χ2v) is 5.34. The van der Waals surface area contributed by atoms with Crippen LogP contribution in [0.25, 0.3) is 0 Å². The molecule has 0 bridgehead atoms. The van der Waals surface area contributed by atoms with Crippen LogP contribution in [0.3, 0.4) is 0 Å². The number of carbonyl (C=O) groups excluding carboxylic acids is 2. The van der Waals surface area contributed by atoms with E-state index < -0.39 is 36.0 Å². The van der Waals surface area contributed by atoms with E-state index >= 15 is 0 Å². The first-order valence-electron chi connectivity index (χ1n) is 7.33. The second-order valence-electron chi connectivity index (χ2n) is 4.52. The lowest BCUT2D eigenvalue weighted by Gasteiger charge is -2.11. The molecule has 0 heterocycles. The molecule has 2 rings (SSSR count). The van der Waals surface area contributed by atoms with E-state index in [1.54, 1.807) is 5.32 Å². The van der Waals surface area contributed by atoms with Gasteiger partial charge in [0, 0.05) is 6.07 Å². The van der Waals surface area contributed by atoms with Crippen molar-refractivity contribution in [1.29, 1.82) is 0 Å². The Morgan fingerprint density at radius 2 is 1.55 bits per heavy atom. The van der Waals surface area contributed by atoms with Gasteiger partial charge in [0.15, 0.2) is 0 Å². The smallest absolute Gasteiger partial charge is 0.326 e. The molecule has 2 N–H and O–H groups in total. The summed E-state index contributed by atoms with van der Waals surface area (Å²) in [5, 5.41) is 3.81. The first kappa shape index (κ1) is 26.4. The summed E-state index contributed by atoms with van der Waals surface area (Å²) in [4.78, 5) is 23.6. The number of benzene rings is 2. The molecule has 29 heavy (non-hydrogen) atoms. The molecule has 0 aliphatic heterocycles. The first-order valence-corrected chi connectivity index (χ1v) is 8.08. The summed E-state index contributed by atoms with van der Waals surface area (Å²) in [6, 6.07) is 4.02. The van der Waals surface area contributed by atoms with Crippen LogP contribution in [0, 0.1) is 11.6 Å². The molecule has 0 spiro atoms. The van der Waals surface area contributed by atoms with Gasteiger partial charge in [-0.2, -0.15) is 0 Å².